The van der Waals surface area contributed by atoms with Crippen LogP contribution in [0.5, 0.6) is 11.5 Å². The normalized spacial score (nSPS) is 14.6. The standard InChI is InChI=1S/C34H30ClN3O5S/c1-5-41-33(40)30-21(4)37-34-38(31(30)26-12-8-9-13-28(26)43-20(2)3)32(39)29(44-34)17-24-16-25(35)14-15-27(24)42-19-23-11-7-6-10-22(23)18-36/h6-17,20,31H,5,19H2,1-4H3/b29-17-/t31-/m1/s1. The maximum absolute atomic E-state index is 14.2. The number of para-hydroxylation sites is 1. The molecule has 1 atom stereocenters. The zero-order valence-corrected chi connectivity index (χ0v) is 26.2. The van der Waals surface area contributed by atoms with Crippen molar-refractivity contribution in [3.63, 3.8) is 0 Å². The van der Waals surface area contributed by atoms with Crippen LogP contribution in [0.2, 0.25) is 5.02 Å². The number of hydrogen-bond donors (Lipinski definition) is 0. The number of nitriles is 1. The number of halogens is 1. The third kappa shape index (κ3) is 6.32. The van der Waals surface area contributed by atoms with E-state index in [9.17, 15) is 14.9 Å². The van der Waals surface area contributed by atoms with Crippen LogP contribution in [0, 0.1) is 11.3 Å². The van der Waals surface area contributed by atoms with Gasteiger partial charge in [-0.25, -0.2) is 9.79 Å². The molecule has 0 unspecified atom stereocenters. The van der Waals surface area contributed by atoms with Crippen LogP contribution in [-0.2, 0) is 16.1 Å². The van der Waals surface area contributed by atoms with Crippen molar-refractivity contribution >= 4 is 35.0 Å². The molecule has 1 aliphatic rings. The number of allylic oxidation sites excluding steroid dienone is 1. The van der Waals surface area contributed by atoms with Gasteiger partial charge in [-0.2, -0.15) is 5.26 Å². The summed E-state index contributed by atoms with van der Waals surface area (Å²) in [5, 5.41) is 9.93. The van der Waals surface area contributed by atoms with E-state index in [1.54, 1.807) is 50.3 Å². The summed E-state index contributed by atoms with van der Waals surface area (Å²) in [6.45, 7) is 7.63. The third-order valence-corrected chi connectivity index (χ3v) is 8.09. The molecule has 2 heterocycles. The Balaban J connectivity index is 1.65. The van der Waals surface area contributed by atoms with Crippen molar-refractivity contribution in [3.05, 3.63) is 125 Å². The van der Waals surface area contributed by atoms with E-state index in [0.29, 0.717) is 48.2 Å². The van der Waals surface area contributed by atoms with Gasteiger partial charge in [0.05, 0.1) is 40.1 Å². The van der Waals surface area contributed by atoms with Gasteiger partial charge >= 0.3 is 5.97 Å². The number of benzene rings is 3. The van der Waals surface area contributed by atoms with Gasteiger partial charge in [-0.15, -0.1) is 0 Å². The average Bonchev–Trinajstić information content (AvgIpc) is 3.30. The Hall–Kier alpha value is -4.65. The monoisotopic (exact) mass is 627 g/mol. The fraction of sp³-hybridized carbons (Fsp3) is 0.235. The van der Waals surface area contributed by atoms with E-state index in [4.69, 9.17) is 25.8 Å². The molecule has 0 spiro atoms. The van der Waals surface area contributed by atoms with Crippen LogP contribution in [0.1, 0.15) is 56.0 Å². The molecule has 0 saturated carbocycles. The van der Waals surface area contributed by atoms with E-state index < -0.39 is 12.0 Å². The van der Waals surface area contributed by atoms with Gasteiger partial charge in [-0.3, -0.25) is 9.36 Å². The summed E-state index contributed by atoms with van der Waals surface area (Å²) in [7, 11) is 0. The minimum atomic E-state index is -0.819. The maximum atomic E-state index is 14.2. The highest BCUT2D eigenvalue weighted by atomic mass is 35.5. The lowest BCUT2D eigenvalue weighted by atomic mass is 9.95. The van der Waals surface area contributed by atoms with Crippen molar-refractivity contribution in [1.29, 1.82) is 5.26 Å². The lowest BCUT2D eigenvalue weighted by molar-refractivity contribution is -0.139. The molecule has 4 aromatic rings. The summed E-state index contributed by atoms with van der Waals surface area (Å²) in [6.07, 6.45) is 1.57. The molecule has 0 N–H and O–H groups in total. The molecule has 0 radical (unpaired) electrons. The molecule has 10 heteroatoms. The summed E-state index contributed by atoms with van der Waals surface area (Å²) in [6, 6.07) is 21.1. The highest BCUT2D eigenvalue weighted by Crippen LogP contribution is 2.36. The first-order valence-electron chi connectivity index (χ1n) is 14.1. The van der Waals surface area contributed by atoms with Crippen molar-refractivity contribution in [3.8, 4) is 17.6 Å². The number of rotatable bonds is 9. The number of carbonyl (C=O) groups excluding carboxylic acids is 1. The Bertz CT molecular complexity index is 1990. The Morgan fingerprint density at radius 1 is 1.14 bits per heavy atom. The minimum Gasteiger partial charge on any atom is -0.491 e. The Morgan fingerprint density at radius 2 is 1.89 bits per heavy atom. The highest BCUT2D eigenvalue weighted by molar-refractivity contribution is 7.07. The van der Waals surface area contributed by atoms with Crippen molar-refractivity contribution < 1.29 is 19.0 Å². The predicted molar refractivity (Wildman–Crippen MR) is 170 cm³/mol. The van der Waals surface area contributed by atoms with E-state index in [1.165, 1.54) is 15.9 Å². The number of hydrogen-bond acceptors (Lipinski definition) is 8. The first kappa shape index (κ1) is 30.8. The molecule has 0 aliphatic carbocycles. The van der Waals surface area contributed by atoms with Crippen molar-refractivity contribution in [2.75, 3.05) is 6.61 Å². The highest BCUT2D eigenvalue weighted by Gasteiger charge is 2.35. The van der Waals surface area contributed by atoms with E-state index in [0.717, 1.165) is 5.56 Å². The first-order valence-corrected chi connectivity index (χ1v) is 15.3. The fourth-order valence-corrected chi connectivity index (χ4v) is 6.19. The van der Waals surface area contributed by atoms with Crippen LogP contribution in [0.3, 0.4) is 0 Å². The SMILES string of the molecule is CCOC(=O)C1=C(C)N=c2s/c(=C\c3cc(Cl)ccc3OCc3ccccc3C#N)c(=O)n2[C@@H]1c1ccccc1OC(C)C. The Morgan fingerprint density at radius 3 is 2.64 bits per heavy atom. The van der Waals surface area contributed by atoms with Gasteiger partial charge in [0.1, 0.15) is 24.1 Å². The second kappa shape index (κ2) is 13.3. The summed E-state index contributed by atoms with van der Waals surface area (Å²) >= 11 is 7.56. The number of ether oxygens (including phenoxy) is 3. The molecule has 8 nitrogen and oxygen atoms in total. The lowest BCUT2D eigenvalue weighted by Crippen LogP contribution is -2.40. The molecule has 3 aromatic carbocycles. The molecule has 5 rings (SSSR count). The van der Waals surface area contributed by atoms with Crippen LogP contribution in [0.15, 0.2) is 87.8 Å². The van der Waals surface area contributed by atoms with Gasteiger partial charge in [0, 0.05) is 21.7 Å². The van der Waals surface area contributed by atoms with E-state index in [-0.39, 0.29) is 30.5 Å². The molecule has 44 heavy (non-hydrogen) atoms. The van der Waals surface area contributed by atoms with Crippen LogP contribution in [0.25, 0.3) is 6.08 Å². The van der Waals surface area contributed by atoms with E-state index in [1.807, 2.05) is 50.2 Å². The van der Waals surface area contributed by atoms with Crippen molar-refractivity contribution in [2.45, 2.75) is 46.4 Å². The summed E-state index contributed by atoms with van der Waals surface area (Å²) in [4.78, 5) is 32.6. The molecule has 0 amide bonds. The molecule has 224 valence electrons. The van der Waals surface area contributed by atoms with Gasteiger partial charge in [0.25, 0.3) is 5.56 Å². The first-order chi connectivity index (χ1) is 21.2. The second-order valence-corrected chi connectivity index (χ2v) is 11.7. The number of nitrogens with zero attached hydrogens (tertiary/aromatic N) is 3. The molecular formula is C34H30ClN3O5S. The van der Waals surface area contributed by atoms with Crippen LogP contribution >= 0.6 is 22.9 Å². The molecule has 1 aliphatic heterocycles. The molecule has 0 fully saturated rings. The number of esters is 1. The van der Waals surface area contributed by atoms with E-state index in [2.05, 4.69) is 11.1 Å². The molecule has 0 saturated heterocycles. The number of carbonyl (C=O) groups is 1. The Labute approximate surface area is 263 Å². The number of fused-ring (bicyclic) bond motifs is 1. The van der Waals surface area contributed by atoms with E-state index >= 15 is 0 Å². The topological polar surface area (TPSA) is 103 Å². The van der Waals surface area contributed by atoms with Crippen LogP contribution in [0.4, 0.5) is 0 Å². The maximum Gasteiger partial charge on any atom is 0.338 e. The second-order valence-electron chi connectivity index (χ2n) is 10.2. The van der Waals surface area contributed by atoms with Gasteiger partial charge in [0.2, 0.25) is 0 Å². The zero-order chi connectivity index (χ0) is 31.4. The van der Waals surface area contributed by atoms with Gasteiger partial charge in [-0.05, 0) is 64.1 Å². The molecule has 0 bridgehead atoms. The Kier molecular flexibility index (Phi) is 9.33. The van der Waals surface area contributed by atoms with Crippen molar-refractivity contribution in [2.24, 2.45) is 4.99 Å². The third-order valence-electron chi connectivity index (χ3n) is 6.87. The number of aromatic nitrogens is 1. The van der Waals surface area contributed by atoms with Crippen LogP contribution < -0.4 is 24.4 Å². The summed E-state index contributed by atoms with van der Waals surface area (Å²) in [5.74, 6) is 0.501. The van der Waals surface area contributed by atoms with Gasteiger partial charge < -0.3 is 14.2 Å². The number of thiazole rings is 1. The largest absolute Gasteiger partial charge is 0.491 e. The smallest absolute Gasteiger partial charge is 0.338 e. The van der Waals surface area contributed by atoms with Crippen LogP contribution in [-0.4, -0.2) is 23.2 Å². The van der Waals surface area contributed by atoms with Gasteiger partial charge in [0.15, 0.2) is 4.80 Å². The lowest BCUT2D eigenvalue weighted by Gasteiger charge is -2.26. The quantitative estimate of drug-likeness (QED) is 0.221. The van der Waals surface area contributed by atoms with Crippen molar-refractivity contribution in [1.82, 2.24) is 4.57 Å². The van der Waals surface area contributed by atoms with Gasteiger partial charge in [-0.1, -0.05) is 59.3 Å². The minimum absolute atomic E-state index is 0.135. The average molecular weight is 628 g/mol. The summed E-state index contributed by atoms with van der Waals surface area (Å²) < 4.78 is 19.5. The summed E-state index contributed by atoms with van der Waals surface area (Å²) in [5.41, 5.74) is 2.88. The predicted octanol–water partition coefficient (Wildman–Crippen LogP) is 5.69. The molecule has 1 aromatic heterocycles. The fourth-order valence-electron chi connectivity index (χ4n) is 4.97. The molecular weight excluding hydrogens is 598 g/mol. The zero-order valence-electron chi connectivity index (χ0n) is 24.7.